The fraction of sp³-hybridized carbons (Fsp3) is 0.500. The summed E-state index contributed by atoms with van der Waals surface area (Å²) in [7, 11) is 0. The van der Waals surface area contributed by atoms with Gasteiger partial charge in [-0.3, -0.25) is 9.78 Å². The minimum absolute atomic E-state index is 0.0531. The van der Waals surface area contributed by atoms with Crippen molar-refractivity contribution in [2.75, 3.05) is 37.6 Å². The molecule has 162 valence electrons. The van der Waals surface area contributed by atoms with E-state index in [1.165, 1.54) is 12.8 Å². The van der Waals surface area contributed by atoms with Crippen molar-refractivity contribution in [3.8, 4) is 0 Å². The molecule has 2 aliphatic rings. The van der Waals surface area contributed by atoms with Crippen molar-refractivity contribution >= 4 is 17.4 Å². The molecular weight excluding hydrogens is 392 g/mol. The molecule has 0 radical (unpaired) electrons. The van der Waals surface area contributed by atoms with Crippen molar-refractivity contribution in [1.82, 2.24) is 35.0 Å². The van der Waals surface area contributed by atoms with Gasteiger partial charge in [-0.1, -0.05) is 0 Å². The summed E-state index contributed by atoms with van der Waals surface area (Å²) in [5.74, 6) is 0.874. The number of aromatic nitrogens is 5. The standard InChI is InChI=1S/C22H28N8O/c1-15-16(2)21(27-30-14-25-26-20(15)30)29-9-5-19-18(13-29)11-17(12-24-19)22(31)23-6-10-28-7-3-4-8-28/h11-12,14H,3-10,13H2,1-2H3,(H,23,31). The lowest BCUT2D eigenvalue weighted by Crippen LogP contribution is -2.35. The third-order valence-electron chi connectivity index (χ3n) is 6.48. The number of rotatable bonds is 5. The third-order valence-corrected chi connectivity index (χ3v) is 6.48. The van der Waals surface area contributed by atoms with Crippen LogP contribution in [0.4, 0.5) is 5.82 Å². The van der Waals surface area contributed by atoms with Gasteiger partial charge in [-0.25, -0.2) is 0 Å². The number of nitrogens with zero attached hydrogens (tertiary/aromatic N) is 7. The van der Waals surface area contributed by atoms with Crippen molar-refractivity contribution in [2.45, 2.75) is 39.7 Å². The van der Waals surface area contributed by atoms with Crippen molar-refractivity contribution in [3.63, 3.8) is 0 Å². The van der Waals surface area contributed by atoms with E-state index in [2.05, 4.69) is 44.1 Å². The molecule has 1 saturated heterocycles. The van der Waals surface area contributed by atoms with Crippen LogP contribution in [-0.4, -0.2) is 68.3 Å². The van der Waals surface area contributed by atoms with E-state index >= 15 is 0 Å². The molecule has 0 bridgehead atoms. The number of hydrogen-bond acceptors (Lipinski definition) is 7. The van der Waals surface area contributed by atoms with Crippen molar-refractivity contribution in [2.24, 2.45) is 0 Å². The normalized spacial score (nSPS) is 16.6. The highest BCUT2D eigenvalue weighted by molar-refractivity contribution is 5.94. The van der Waals surface area contributed by atoms with Crippen molar-refractivity contribution in [3.05, 3.63) is 46.5 Å². The summed E-state index contributed by atoms with van der Waals surface area (Å²) in [4.78, 5) is 21.9. The van der Waals surface area contributed by atoms with E-state index < -0.39 is 0 Å². The number of anilines is 1. The first-order valence-corrected chi connectivity index (χ1v) is 11.0. The molecule has 31 heavy (non-hydrogen) atoms. The number of amides is 1. The maximum absolute atomic E-state index is 12.7. The van der Waals surface area contributed by atoms with Crippen LogP contribution in [0.2, 0.25) is 0 Å². The topological polar surface area (TPSA) is 91.6 Å². The molecule has 1 amide bonds. The van der Waals surface area contributed by atoms with E-state index in [-0.39, 0.29) is 5.91 Å². The molecule has 0 unspecified atom stereocenters. The van der Waals surface area contributed by atoms with Crippen LogP contribution in [0.3, 0.4) is 0 Å². The Hall–Kier alpha value is -3.07. The highest BCUT2D eigenvalue weighted by atomic mass is 16.1. The quantitative estimate of drug-likeness (QED) is 0.669. The zero-order valence-corrected chi connectivity index (χ0v) is 18.1. The molecule has 9 nitrogen and oxygen atoms in total. The summed E-state index contributed by atoms with van der Waals surface area (Å²) >= 11 is 0. The van der Waals surface area contributed by atoms with Gasteiger partial charge >= 0.3 is 0 Å². The van der Waals surface area contributed by atoms with Gasteiger partial charge in [-0.05, 0) is 51.4 Å². The second-order valence-electron chi connectivity index (χ2n) is 8.48. The molecule has 9 heteroatoms. The highest BCUT2D eigenvalue weighted by Crippen LogP contribution is 2.27. The van der Waals surface area contributed by atoms with E-state index in [1.807, 2.05) is 6.07 Å². The van der Waals surface area contributed by atoms with Crippen LogP contribution in [0.5, 0.6) is 0 Å². The first-order chi connectivity index (χ1) is 15.1. The van der Waals surface area contributed by atoms with Gasteiger partial charge in [0.2, 0.25) is 0 Å². The summed E-state index contributed by atoms with van der Waals surface area (Å²) in [6.07, 6.45) is 6.69. The second kappa shape index (κ2) is 8.22. The average molecular weight is 421 g/mol. The van der Waals surface area contributed by atoms with Crippen LogP contribution >= 0.6 is 0 Å². The number of likely N-dealkylation sites (tertiary alicyclic amines) is 1. The lowest BCUT2D eigenvalue weighted by atomic mass is 10.0. The van der Waals surface area contributed by atoms with Crippen molar-refractivity contribution < 1.29 is 4.79 Å². The Balaban J connectivity index is 1.31. The summed E-state index contributed by atoms with van der Waals surface area (Å²) in [5, 5.41) is 15.9. The van der Waals surface area contributed by atoms with Gasteiger partial charge in [-0.15, -0.1) is 15.3 Å². The lowest BCUT2D eigenvalue weighted by molar-refractivity contribution is 0.0949. The molecule has 0 aliphatic carbocycles. The number of pyridine rings is 1. The summed E-state index contributed by atoms with van der Waals surface area (Å²) in [5.41, 5.74) is 5.74. The van der Waals surface area contributed by atoms with E-state index in [9.17, 15) is 4.79 Å². The number of fused-ring (bicyclic) bond motifs is 2. The van der Waals surface area contributed by atoms with Gasteiger partial charge in [0.05, 0.1) is 5.56 Å². The van der Waals surface area contributed by atoms with Gasteiger partial charge < -0.3 is 15.1 Å². The van der Waals surface area contributed by atoms with Crippen LogP contribution in [0.25, 0.3) is 5.65 Å². The number of carbonyl (C=O) groups is 1. The van der Waals surface area contributed by atoms with Gasteiger partial charge in [0, 0.05) is 55.6 Å². The van der Waals surface area contributed by atoms with E-state index in [0.29, 0.717) is 18.7 Å². The number of hydrogen-bond donors (Lipinski definition) is 1. The van der Waals surface area contributed by atoms with Crippen molar-refractivity contribution in [1.29, 1.82) is 0 Å². The largest absolute Gasteiger partial charge is 0.351 e. The van der Waals surface area contributed by atoms with Crippen LogP contribution in [0.15, 0.2) is 18.6 Å². The number of aryl methyl sites for hydroxylation is 1. The molecule has 3 aromatic heterocycles. The maximum Gasteiger partial charge on any atom is 0.252 e. The first kappa shape index (κ1) is 19.9. The molecule has 3 aromatic rings. The monoisotopic (exact) mass is 420 g/mol. The fourth-order valence-corrected chi connectivity index (χ4v) is 4.53. The van der Waals surface area contributed by atoms with Gasteiger partial charge in [0.25, 0.3) is 5.91 Å². The van der Waals surface area contributed by atoms with Crippen LogP contribution in [0.1, 0.15) is 45.6 Å². The Morgan fingerprint density at radius 1 is 1.16 bits per heavy atom. The Morgan fingerprint density at radius 3 is 2.84 bits per heavy atom. The van der Waals surface area contributed by atoms with Crippen LogP contribution < -0.4 is 10.2 Å². The van der Waals surface area contributed by atoms with E-state index in [0.717, 1.165) is 66.4 Å². The summed E-state index contributed by atoms with van der Waals surface area (Å²) < 4.78 is 1.73. The fourth-order valence-electron chi connectivity index (χ4n) is 4.53. The van der Waals surface area contributed by atoms with Gasteiger partial charge in [0.1, 0.15) is 6.33 Å². The molecule has 2 aliphatic heterocycles. The Labute approximate surface area is 181 Å². The predicted molar refractivity (Wildman–Crippen MR) is 117 cm³/mol. The van der Waals surface area contributed by atoms with Gasteiger partial charge in [-0.2, -0.15) is 4.52 Å². The molecule has 5 heterocycles. The smallest absolute Gasteiger partial charge is 0.252 e. The van der Waals surface area contributed by atoms with Crippen LogP contribution in [-0.2, 0) is 13.0 Å². The lowest BCUT2D eigenvalue weighted by Gasteiger charge is -2.30. The number of carbonyl (C=O) groups excluding carboxylic acids is 1. The Morgan fingerprint density at radius 2 is 2.00 bits per heavy atom. The zero-order valence-electron chi connectivity index (χ0n) is 18.1. The Kier molecular flexibility index (Phi) is 5.27. The highest BCUT2D eigenvalue weighted by Gasteiger charge is 2.23. The molecule has 0 atom stereocenters. The van der Waals surface area contributed by atoms with Gasteiger partial charge in [0.15, 0.2) is 11.5 Å². The Bertz CT molecular complexity index is 1120. The van der Waals surface area contributed by atoms with E-state index in [4.69, 9.17) is 5.10 Å². The number of nitrogens with one attached hydrogen (secondary N) is 1. The first-order valence-electron chi connectivity index (χ1n) is 11.0. The minimum Gasteiger partial charge on any atom is -0.351 e. The minimum atomic E-state index is -0.0531. The SMILES string of the molecule is Cc1c(N2CCc3ncc(C(=O)NCCN4CCCC4)cc3C2)nn2cnnc2c1C. The summed E-state index contributed by atoms with van der Waals surface area (Å²) in [6.45, 7) is 9.50. The molecule has 5 rings (SSSR count). The molecule has 0 spiro atoms. The van der Waals surface area contributed by atoms with E-state index in [1.54, 1.807) is 17.0 Å². The average Bonchev–Trinajstić information content (AvgIpc) is 3.47. The predicted octanol–water partition coefficient (Wildman–Crippen LogP) is 1.52. The maximum atomic E-state index is 12.7. The zero-order chi connectivity index (χ0) is 21.4. The molecule has 1 N–H and O–H groups in total. The molecular formula is C22H28N8O. The molecule has 0 aromatic carbocycles. The third kappa shape index (κ3) is 3.85. The molecule has 1 fully saturated rings. The second-order valence-corrected chi connectivity index (χ2v) is 8.48. The molecule has 0 saturated carbocycles. The van der Waals surface area contributed by atoms with Crippen LogP contribution in [0, 0.1) is 13.8 Å². The summed E-state index contributed by atoms with van der Waals surface area (Å²) in [6, 6.07) is 1.99.